The molecule has 9 rings (SSSR count). The van der Waals surface area contributed by atoms with Crippen molar-refractivity contribution in [3.05, 3.63) is 152 Å². The summed E-state index contributed by atoms with van der Waals surface area (Å²) < 4.78 is 10.2. The highest BCUT2D eigenvalue weighted by Gasteiger charge is 2.18. The molecule has 208 valence electrons. The topological polar surface area (TPSA) is 19.1 Å². The van der Waals surface area contributed by atoms with Gasteiger partial charge in [-0.1, -0.05) is 66.7 Å². The predicted molar refractivity (Wildman–Crippen MR) is 185 cm³/mol. The van der Waals surface area contributed by atoms with Gasteiger partial charge in [0.2, 0.25) is 0 Å². The first-order chi connectivity index (χ1) is 21.8. The number of ether oxygens (including phenoxy) is 1. The fourth-order valence-corrected chi connectivity index (χ4v) is 6.92. The first-order valence-corrected chi connectivity index (χ1v) is 15.0. The number of methoxy groups -OCH3 is 1. The van der Waals surface area contributed by atoms with Crippen LogP contribution in [0.3, 0.4) is 0 Å². The lowest BCUT2D eigenvalue weighted by molar-refractivity contribution is 0.415. The molecule has 9 aromatic rings. The SMILES string of the molecule is COc1ccc(-c2cc3cc4ccn(-c5ccccc5)c4cc3c3cc4c5ccccc5n(-c5ccccc5)c4cc23)cc1. The third kappa shape index (κ3) is 3.69. The summed E-state index contributed by atoms with van der Waals surface area (Å²) in [6, 6.07) is 52.6. The Morgan fingerprint density at radius 3 is 1.93 bits per heavy atom. The van der Waals surface area contributed by atoms with Gasteiger partial charge in [-0.05, 0) is 112 Å². The van der Waals surface area contributed by atoms with Gasteiger partial charge in [0.25, 0.3) is 0 Å². The van der Waals surface area contributed by atoms with E-state index in [-0.39, 0.29) is 0 Å². The Balaban J connectivity index is 1.44. The Morgan fingerprint density at radius 2 is 1.16 bits per heavy atom. The smallest absolute Gasteiger partial charge is 0.118 e. The molecule has 2 heterocycles. The average molecular weight is 565 g/mol. The van der Waals surface area contributed by atoms with Gasteiger partial charge in [0.1, 0.15) is 5.75 Å². The van der Waals surface area contributed by atoms with Crippen LogP contribution < -0.4 is 4.74 Å². The Morgan fingerprint density at radius 1 is 0.455 bits per heavy atom. The number of benzene rings is 7. The fraction of sp³-hybridized carbons (Fsp3) is 0.0244. The number of hydrogen-bond donors (Lipinski definition) is 0. The molecule has 0 aliphatic carbocycles. The molecule has 0 amide bonds. The fourth-order valence-electron chi connectivity index (χ4n) is 6.92. The van der Waals surface area contributed by atoms with Crippen LogP contribution in [0, 0.1) is 0 Å². The second-order valence-corrected chi connectivity index (χ2v) is 11.4. The van der Waals surface area contributed by atoms with E-state index < -0.39 is 0 Å². The van der Waals surface area contributed by atoms with Crippen LogP contribution in [0.1, 0.15) is 0 Å². The molecular formula is C41H28N2O. The number of aromatic nitrogens is 2. The van der Waals surface area contributed by atoms with Crippen molar-refractivity contribution in [1.29, 1.82) is 0 Å². The van der Waals surface area contributed by atoms with Crippen LogP contribution in [-0.2, 0) is 0 Å². The second-order valence-electron chi connectivity index (χ2n) is 11.4. The molecule has 2 aromatic heterocycles. The van der Waals surface area contributed by atoms with Crippen molar-refractivity contribution >= 4 is 54.3 Å². The molecule has 0 saturated heterocycles. The minimum Gasteiger partial charge on any atom is -0.497 e. The molecule has 0 saturated carbocycles. The van der Waals surface area contributed by atoms with Gasteiger partial charge < -0.3 is 13.9 Å². The third-order valence-electron chi connectivity index (χ3n) is 9.00. The Labute approximate surface area is 254 Å². The standard InChI is InChI=1S/C41H28N2O/c1-44-32-18-16-27(17-19-32)34-23-29-22-28-20-21-42(30-10-4-2-5-11-30)40(28)25-35(29)36-24-38-33-14-8-9-15-39(33)43(41(38)26-37(34)36)31-12-6-3-7-13-31/h2-26H,1H3. The summed E-state index contributed by atoms with van der Waals surface area (Å²) in [5.74, 6) is 0.856. The highest BCUT2D eigenvalue weighted by molar-refractivity contribution is 6.23. The number of fused-ring (bicyclic) bond motifs is 7. The maximum absolute atomic E-state index is 5.50. The van der Waals surface area contributed by atoms with Crippen LogP contribution in [0.4, 0.5) is 0 Å². The van der Waals surface area contributed by atoms with E-state index >= 15 is 0 Å². The summed E-state index contributed by atoms with van der Waals surface area (Å²) in [4.78, 5) is 0. The van der Waals surface area contributed by atoms with Crippen molar-refractivity contribution in [3.8, 4) is 28.3 Å². The van der Waals surface area contributed by atoms with Crippen molar-refractivity contribution in [1.82, 2.24) is 9.13 Å². The van der Waals surface area contributed by atoms with E-state index in [2.05, 4.69) is 149 Å². The molecule has 0 aliphatic heterocycles. The summed E-state index contributed by atoms with van der Waals surface area (Å²) in [5.41, 5.74) is 8.31. The van der Waals surface area contributed by atoms with Gasteiger partial charge in [-0.15, -0.1) is 0 Å². The predicted octanol–water partition coefficient (Wildman–Crippen LogP) is 10.7. The quantitative estimate of drug-likeness (QED) is 0.195. The van der Waals surface area contributed by atoms with E-state index in [9.17, 15) is 0 Å². The van der Waals surface area contributed by atoms with Crippen molar-refractivity contribution < 1.29 is 4.74 Å². The van der Waals surface area contributed by atoms with Crippen molar-refractivity contribution in [3.63, 3.8) is 0 Å². The minimum atomic E-state index is 0.856. The summed E-state index contributed by atoms with van der Waals surface area (Å²) in [5, 5.41) is 8.69. The molecule has 0 atom stereocenters. The van der Waals surface area contributed by atoms with Crippen molar-refractivity contribution in [2.45, 2.75) is 0 Å². The van der Waals surface area contributed by atoms with Gasteiger partial charge in [0.05, 0.1) is 23.7 Å². The van der Waals surface area contributed by atoms with Crippen LogP contribution >= 0.6 is 0 Å². The molecule has 7 aromatic carbocycles. The molecule has 0 fully saturated rings. The zero-order valence-corrected chi connectivity index (χ0v) is 24.2. The summed E-state index contributed by atoms with van der Waals surface area (Å²) in [7, 11) is 1.71. The Bertz CT molecular complexity index is 2500. The lowest BCUT2D eigenvalue weighted by atomic mass is 9.91. The molecule has 0 radical (unpaired) electrons. The summed E-state index contributed by atoms with van der Waals surface area (Å²) >= 11 is 0. The molecule has 0 aliphatic rings. The van der Waals surface area contributed by atoms with Gasteiger partial charge in [-0.3, -0.25) is 0 Å². The zero-order chi connectivity index (χ0) is 29.2. The number of nitrogens with zero attached hydrogens (tertiary/aromatic N) is 2. The van der Waals surface area contributed by atoms with E-state index in [1.54, 1.807) is 7.11 Å². The van der Waals surface area contributed by atoms with E-state index in [1.165, 1.54) is 65.4 Å². The minimum absolute atomic E-state index is 0.856. The maximum atomic E-state index is 5.50. The van der Waals surface area contributed by atoms with Crippen LogP contribution in [0.5, 0.6) is 5.75 Å². The second kappa shape index (κ2) is 9.62. The number of rotatable bonds is 4. The molecule has 0 N–H and O–H groups in total. The zero-order valence-electron chi connectivity index (χ0n) is 24.2. The highest BCUT2D eigenvalue weighted by atomic mass is 16.5. The first kappa shape index (κ1) is 24.8. The largest absolute Gasteiger partial charge is 0.497 e. The molecule has 44 heavy (non-hydrogen) atoms. The molecular weight excluding hydrogens is 536 g/mol. The van der Waals surface area contributed by atoms with Crippen LogP contribution in [0.2, 0.25) is 0 Å². The molecule has 0 spiro atoms. The van der Waals surface area contributed by atoms with Crippen LogP contribution in [0.15, 0.2) is 152 Å². The Kier molecular flexibility index (Phi) is 5.41. The van der Waals surface area contributed by atoms with Crippen LogP contribution in [0.25, 0.3) is 76.8 Å². The van der Waals surface area contributed by atoms with Gasteiger partial charge in [-0.25, -0.2) is 0 Å². The van der Waals surface area contributed by atoms with E-state index in [1.807, 2.05) is 12.1 Å². The molecule has 0 bridgehead atoms. The maximum Gasteiger partial charge on any atom is 0.118 e. The summed E-state index contributed by atoms with van der Waals surface area (Å²) in [6.45, 7) is 0. The molecule has 0 unspecified atom stereocenters. The highest BCUT2D eigenvalue weighted by Crippen LogP contribution is 2.42. The van der Waals surface area contributed by atoms with Crippen LogP contribution in [-0.4, -0.2) is 16.2 Å². The average Bonchev–Trinajstić information content (AvgIpc) is 3.65. The lowest BCUT2D eigenvalue weighted by Crippen LogP contribution is -1.94. The number of hydrogen-bond acceptors (Lipinski definition) is 1. The van der Waals surface area contributed by atoms with E-state index in [0.717, 1.165) is 17.1 Å². The van der Waals surface area contributed by atoms with Gasteiger partial charge in [0, 0.05) is 33.7 Å². The van der Waals surface area contributed by atoms with Gasteiger partial charge >= 0.3 is 0 Å². The number of para-hydroxylation sites is 3. The monoisotopic (exact) mass is 564 g/mol. The third-order valence-corrected chi connectivity index (χ3v) is 9.00. The van der Waals surface area contributed by atoms with Crippen molar-refractivity contribution in [2.75, 3.05) is 7.11 Å². The summed E-state index contributed by atoms with van der Waals surface area (Å²) in [6.07, 6.45) is 2.18. The Hall–Kier alpha value is -5.80. The lowest BCUT2D eigenvalue weighted by Gasteiger charge is -2.14. The molecule has 3 heteroatoms. The van der Waals surface area contributed by atoms with Crippen molar-refractivity contribution in [2.24, 2.45) is 0 Å². The van der Waals surface area contributed by atoms with E-state index in [0.29, 0.717) is 0 Å². The van der Waals surface area contributed by atoms with Gasteiger partial charge in [-0.2, -0.15) is 0 Å². The normalized spacial score (nSPS) is 11.8. The van der Waals surface area contributed by atoms with Gasteiger partial charge in [0.15, 0.2) is 0 Å². The molecule has 3 nitrogen and oxygen atoms in total. The first-order valence-electron chi connectivity index (χ1n) is 15.0. The van der Waals surface area contributed by atoms with E-state index in [4.69, 9.17) is 4.74 Å².